The van der Waals surface area contributed by atoms with E-state index in [0.29, 0.717) is 0 Å². The predicted molar refractivity (Wildman–Crippen MR) is 61.8 cm³/mol. The van der Waals surface area contributed by atoms with Crippen LogP contribution in [0.1, 0.15) is 25.7 Å². The molecule has 2 rings (SSSR count). The van der Waals surface area contributed by atoms with Crippen LogP contribution in [-0.4, -0.2) is 49.3 Å². The Kier molecular flexibility index (Phi) is 4.00. The third-order valence-corrected chi connectivity index (χ3v) is 3.91. The first-order valence-electron chi connectivity index (χ1n) is 6.31. The summed E-state index contributed by atoms with van der Waals surface area (Å²) >= 11 is 0. The molecule has 0 aromatic heterocycles. The number of nitrogens with one attached hydrogen (secondary N) is 1. The van der Waals surface area contributed by atoms with Crippen molar-refractivity contribution in [2.45, 2.75) is 31.8 Å². The molecule has 88 valence electrons. The van der Waals surface area contributed by atoms with Crippen LogP contribution in [0.5, 0.6) is 0 Å². The van der Waals surface area contributed by atoms with Gasteiger partial charge in [0.05, 0.1) is 6.10 Å². The minimum atomic E-state index is 0.000121. The second kappa shape index (κ2) is 5.28. The largest absolute Gasteiger partial charge is 0.393 e. The van der Waals surface area contributed by atoms with E-state index in [1.807, 2.05) is 0 Å². The highest BCUT2D eigenvalue weighted by Gasteiger charge is 2.26. The molecule has 1 heterocycles. The van der Waals surface area contributed by atoms with Gasteiger partial charge in [-0.1, -0.05) is 0 Å². The fraction of sp³-hybridized carbons (Fsp3) is 1.00. The van der Waals surface area contributed by atoms with Crippen molar-refractivity contribution in [1.82, 2.24) is 10.2 Å². The molecule has 0 atom stereocenters. The number of likely N-dealkylation sites (tertiary alicyclic amines) is 1. The third kappa shape index (κ3) is 3.44. The summed E-state index contributed by atoms with van der Waals surface area (Å²) < 4.78 is 0. The van der Waals surface area contributed by atoms with Gasteiger partial charge in [0, 0.05) is 0 Å². The molecule has 15 heavy (non-hydrogen) atoms. The fourth-order valence-corrected chi connectivity index (χ4v) is 2.62. The van der Waals surface area contributed by atoms with Crippen molar-refractivity contribution in [2.75, 3.05) is 33.2 Å². The van der Waals surface area contributed by atoms with E-state index in [-0.39, 0.29) is 6.10 Å². The number of aliphatic hydroxyl groups is 1. The van der Waals surface area contributed by atoms with E-state index in [1.165, 1.54) is 32.5 Å². The second-order valence-electron chi connectivity index (χ2n) is 5.40. The highest BCUT2D eigenvalue weighted by Crippen LogP contribution is 2.26. The minimum absolute atomic E-state index is 0.000121. The number of rotatable bonds is 4. The minimum Gasteiger partial charge on any atom is -0.393 e. The zero-order valence-electron chi connectivity index (χ0n) is 9.78. The van der Waals surface area contributed by atoms with E-state index >= 15 is 0 Å². The maximum Gasteiger partial charge on any atom is 0.0546 e. The van der Waals surface area contributed by atoms with Gasteiger partial charge in [-0.15, -0.1) is 0 Å². The first-order valence-corrected chi connectivity index (χ1v) is 6.31. The summed E-state index contributed by atoms with van der Waals surface area (Å²) in [6.07, 6.45) is 4.72. The molecule has 2 aliphatic rings. The summed E-state index contributed by atoms with van der Waals surface area (Å²) in [4.78, 5) is 2.42. The van der Waals surface area contributed by atoms with Gasteiger partial charge in [0.15, 0.2) is 0 Å². The van der Waals surface area contributed by atoms with Gasteiger partial charge >= 0.3 is 0 Å². The van der Waals surface area contributed by atoms with Gasteiger partial charge in [-0.25, -0.2) is 0 Å². The molecule has 0 bridgehead atoms. The molecule has 0 spiro atoms. The Morgan fingerprint density at radius 3 is 2.33 bits per heavy atom. The smallest absolute Gasteiger partial charge is 0.0546 e. The standard InChI is InChI=1S/C12H24N2O/c1-14-4-2-10(3-5-14)8-13-9-11-6-12(15)7-11/h10-13,15H,2-9H2,1H3. The highest BCUT2D eigenvalue weighted by molar-refractivity contribution is 4.81. The topological polar surface area (TPSA) is 35.5 Å². The van der Waals surface area contributed by atoms with E-state index in [1.54, 1.807) is 0 Å². The number of nitrogens with zero attached hydrogens (tertiary/aromatic N) is 1. The van der Waals surface area contributed by atoms with Crippen LogP contribution in [0, 0.1) is 11.8 Å². The van der Waals surface area contributed by atoms with Gasteiger partial charge < -0.3 is 15.3 Å². The molecule has 0 amide bonds. The van der Waals surface area contributed by atoms with Gasteiger partial charge in [-0.05, 0) is 70.7 Å². The molecule has 0 unspecified atom stereocenters. The molecular formula is C12H24N2O. The van der Waals surface area contributed by atoms with Crippen molar-refractivity contribution in [2.24, 2.45) is 11.8 Å². The highest BCUT2D eigenvalue weighted by atomic mass is 16.3. The van der Waals surface area contributed by atoms with Crippen LogP contribution >= 0.6 is 0 Å². The lowest BCUT2D eigenvalue weighted by Crippen LogP contribution is -2.39. The summed E-state index contributed by atoms with van der Waals surface area (Å²) in [5.74, 6) is 1.62. The third-order valence-electron chi connectivity index (χ3n) is 3.91. The summed E-state index contributed by atoms with van der Waals surface area (Å²) in [6, 6.07) is 0. The van der Waals surface area contributed by atoms with E-state index < -0.39 is 0 Å². The Morgan fingerprint density at radius 2 is 1.73 bits per heavy atom. The average molecular weight is 212 g/mol. The first-order chi connectivity index (χ1) is 7.24. The van der Waals surface area contributed by atoms with Crippen molar-refractivity contribution < 1.29 is 5.11 Å². The normalized spacial score (nSPS) is 34.0. The number of piperidine rings is 1. The molecule has 0 aromatic rings. The van der Waals surface area contributed by atoms with Crippen LogP contribution in [0.4, 0.5) is 0 Å². The van der Waals surface area contributed by atoms with Crippen molar-refractivity contribution in [3.8, 4) is 0 Å². The van der Waals surface area contributed by atoms with E-state index in [9.17, 15) is 0 Å². The average Bonchev–Trinajstić information content (AvgIpc) is 2.18. The zero-order chi connectivity index (χ0) is 10.7. The van der Waals surface area contributed by atoms with Gasteiger partial charge in [-0.2, -0.15) is 0 Å². The molecule has 3 heteroatoms. The second-order valence-corrected chi connectivity index (χ2v) is 5.40. The van der Waals surface area contributed by atoms with Crippen LogP contribution in [0.2, 0.25) is 0 Å². The van der Waals surface area contributed by atoms with E-state index in [4.69, 9.17) is 5.11 Å². The molecule has 0 aromatic carbocycles. The van der Waals surface area contributed by atoms with Crippen LogP contribution in [0.25, 0.3) is 0 Å². The van der Waals surface area contributed by atoms with Crippen molar-refractivity contribution in [3.05, 3.63) is 0 Å². The Hall–Kier alpha value is -0.120. The maximum atomic E-state index is 9.16. The van der Waals surface area contributed by atoms with Crippen molar-refractivity contribution in [1.29, 1.82) is 0 Å². The first kappa shape index (κ1) is 11.4. The Bertz CT molecular complexity index is 184. The van der Waals surface area contributed by atoms with Crippen molar-refractivity contribution in [3.63, 3.8) is 0 Å². The van der Waals surface area contributed by atoms with E-state index in [0.717, 1.165) is 31.2 Å². The molecule has 3 nitrogen and oxygen atoms in total. The molecule has 2 fully saturated rings. The summed E-state index contributed by atoms with van der Waals surface area (Å²) in [6.45, 7) is 4.81. The van der Waals surface area contributed by atoms with Crippen LogP contribution < -0.4 is 5.32 Å². The SMILES string of the molecule is CN1CCC(CNCC2CC(O)C2)CC1. The van der Waals surface area contributed by atoms with Gasteiger partial charge in [0.25, 0.3) is 0 Å². The Morgan fingerprint density at radius 1 is 1.13 bits per heavy atom. The molecule has 1 aliphatic heterocycles. The van der Waals surface area contributed by atoms with E-state index in [2.05, 4.69) is 17.3 Å². The predicted octanol–water partition coefficient (Wildman–Crippen LogP) is 0.689. The Balaban J connectivity index is 1.51. The van der Waals surface area contributed by atoms with Gasteiger partial charge in [0.2, 0.25) is 0 Å². The molecule has 1 saturated carbocycles. The fourth-order valence-electron chi connectivity index (χ4n) is 2.62. The monoisotopic (exact) mass is 212 g/mol. The Labute approximate surface area is 92.8 Å². The lowest BCUT2D eigenvalue weighted by molar-refractivity contribution is 0.0423. The number of hydrogen-bond acceptors (Lipinski definition) is 3. The summed E-state index contributed by atoms with van der Waals surface area (Å²) in [7, 11) is 2.21. The number of aliphatic hydroxyl groups excluding tert-OH is 1. The van der Waals surface area contributed by atoms with Gasteiger partial charge in [0.1, 0.15) is 0 Å². The molecule has 2 N–H and O–H groups in total. The molecule has 1 aliphatic carbocycles. The lowest BCUT2D eigenvalue weighted by Gasteiger charge is -2.33. The van der Waals surface area contributed by atoms with Crippen molar-refractivity contribution >= 4 is 0 Å². The summed E-state index contributed by atoms with van der Waals surface area (Å²) in [5, 5.41) is 12.7. The number of hydrogen-bond donors (Lipinski definition) is 2. The maximum absolute atomic E-state index is 9.16. The lowest BCUT2D eigenvalue weighted by atomic mass is 9.82. The quantitative estimate of drug-likeness (QED) is 0.719. The van der Waals surface area contributed by atoms with Crippen LogP contribution in [0.15, 0.2) is 0 Å². The zero-order valence-corrected chi connectivity index (χ0v) is 9.78. The van der Waals surface area contributed by atoms with Gasteiger partial charge in [-0.3, -0.25) is 0 Å². The molecule has 1 saturated heterocycles. The van der Waals surface area contributed by atoms with Crippen LogP contribution in [-0.2, 0) is 0 Å². The summed E-state index contributed by atoms with van der Waals surface area (Å²) in [5.41, 5.74) is 0. The molecular weight excluding hydrogens is 188 g/mol. The van der Waals surface area contributed by atoms with Crippen LogP contribution in [0.3, 0.4) is 0 Å². The molecule has 0 radical (unpaired) electrons.